The monoisotopic (exact) mass is 1020 g/mol. The third-order valence-electron chi connectivity index (χ3n) is 20.9. The van der Waals surface area contributed by atoms with E-state index in [-0.39, 0.29) is 47.3 Å². The predicted molar refractivity (Wildman–Crippen MR) is 283 cm³/mol. The molecule has 19 aliphatic rings. The van der Waals surface area contributed by atoms with Crippen molar-refractivity contribution in [2.75, 3.05) is 26.9 Å². The van der Waals surface area contributed by atoms with E-state index in [9.17, 15) is 15.0 Å². The summed E-state index contributed by atoms with van der Waals surface area (Å²) in [6.07, 6.45) is 36.2. The maximum atomic E-state index is 11.6. The van der Waals surface area contributed by atoms with Crippen molar-refractivity contribution in [3.05, 3.63) is 35.2 Å². The molecule has 73 heavy (non-hydrogen) atoms. The van der Waals surface area contributed by atoms with E-state index in [1.165, 1.54) is 103 Å². The van der Waals surface area contributed by atoms with Gasteiger partial charge in [0, 0.05) is 57.2 Å². The Balaban J connectivity index is 0.000000115. The van der Waals surface area contributed by atoms with Crippen LogP contribution in [-0.4, -0.2) is 96.1 Å². The highest BCUT2D eigenvalue weighted by molar-refractivity contribution is 5.85. The molecule has 2 saturated heterocycles. The molecule has 3 heterocycles. The lowest BCUT2D eigenvalue weighted by Gasteiger charge is -2.59. The number of Topliss-reactive ketones (excluding diaryl/α,β-unsaturated/α-hetero) is 1. The van der Waals surface area contributed by atoms with Crippen molar-refractivity contribution >= 4 is 5.78 Å². The van der Waals surface area contributed by atoms with E-state index in [4.69, 9.17) is 42.9 Å². The Bertz CT molecular complexity index is 1870. The van der Waals surface area contributed by atoms with Gasteiger partial charge in [-0.1, -0.05) is 27.7 Å². The summed E-state index contributed by atoms with van der Waals surface area (Å²) < 4.78 is 41.4. The highest BCUT2D eigenvalue weighted by Crippen LogP contribution is 2.61. The molecule has 10 unspecified atom stereocenters. The SMILES string of the molecule is C1=COCCC1.CC.COC1C2CC3CC1CC(OC1CCCCO1)(C3)C2.O=C1C2CC3CC1CC(O)(C3)C2.[2H]CC.[C-]#[N+]C1C2CC3CC1CC(O)(C3)C2.[C-]#[N+]C1C2CC3CC1CC(OC1CCCCO1)(C3)C2. The summed E-state index contributed by atoms with van der Waals surface area (Å²) in [7, 11) is 1.89. The van der Waals surface area contributed by atoms with Crippen LogP contribution >= 0.6 is 0 Å². The minimum Gasteiger partial charge on any atom is -0.502 e. The number of carbonyl (C=O) groups is 1. The van der Waals surface area contributed by atoms with Gasteiger partial charge in [0.1, 0.15) is 5.78 Å². The molecule has 0 amide bonds. The molecule has 0 radical (unpaired) electrons. The predicted octanol–water partition coefficient (Wildman–Crippen LogP) is 12.9. The number of carbonyl (C=O) groups excluding carboxylic acids is 1. The molecule has 410 valence electrons. The van der Waals surface area contributed by atoms with E-state index in [0.717, 1.165) is 126 Å². The standard InChI is InChI=1S/C16H23NO2.C16H26O3.C11H15NO.C10H14O2.C5H8O.2C2H6/c2*1-17-15-12-6-11-7-13(15)10-16(8-11,9-12)19-14-4-2-3-5-18-14;1-12-10-8-2-7-3-9(10)6-11(13,4-7)5-8;11-9-7-1-6-2-8(9)5-10(12,3-6)4-7;1-2-4-6-5-3-1;2*1-2/h11-15H,2-10H2;11-15H,2-10H2,1H3;7-10,13H,2-6H2;6-8,12H,1-5H2;2,4H,1,3,5H2;2*1-2H3/i;;;;;1D;. The number of ether oxygens (including phenoxy) is 6. The molecule has 0 aromatic carbocycles. The topological polar surface area (TPSA) is 122 Å². The zero-order chi connectivity index (χ0) is 52.1. The Hall–Kier alpha value is -2.09. The van der Waals surface area contributed by atoms with Crippen LogP contribution in [0.4, 0.5) is 0 Å². The molecule has 0 spiro atoms. The average molecular weight is 1020 g/mol. The van der Waals surface area contributed by atoms with Crippen molar-refractivity contribution < 1.29 is 44.8 Å². The molecular weight excluding hydrogens is 917 g/mol. The van der Waals surface area contributed by atoms with Gasteiger partial charge in [-0.2, -0.15) is 0 Å². The van der Waals surface area contributed by atoms with Crippen molar-refractivity contribution in [2.24, 2.45) is 71.0 Å². The number of ketones is 1. The van der Waals surface area contributed by atoms with Gasteiger partial charge in [0.2, 0.25) is 12.1 Å². The van der Waals surface area contributed by atoms with Gasteiger partial charge in [0.25, 0.3) is 0 Å². The number of methoxy groups -OCH3 is 1. The van der Waals surface area contributed by atoms with Gasteiger partial charge in [-0.3, -0.25) is 4.79 Å². The minimum absolute atomic E-state index is 0.0383. The van der Waals surface area contributed by atoms with Crippen LogP contribution in [0.5, 0.6) is 0 Å². The maximum absolute atomic E-state index is 11.6. The summed E-state index contributed by atoms with van der Waals surface area (Å²) in [4.78, 5) is 19.3. The lowest BCUT2D eigenvalue weighted by atomic mass is 9.52. The molecular formula is C62H98N2O9. The van der Waals surface area contributed by atoms with Crippen LogP contribution in [-0.2, 0) is 33.2 Å². The van der Waals surface area contributed by atoms with Crippen molar-refractivity contribution in [2.45, 2.75) is 261 Å². The molecule has 16 aliphatic carbocycles. The van der Waals surface area contributed by atoms with Crippen molar-refractivity contribution in [3.8, 4) is 0 Å². The Kier molecular flexibility index (Phi) is 18.1. The summed E-state index contributed by atoms with van der Waals surface area (Å²) in [5.41, 5.74) is -0.602. The molecule has 0 aromatic rings. The van der Waals surface area contributed by atoms with Gasteiger partial charge in [0.15, 0.2) is 12.6 Å². The zero-order valence-corrected chi connectivity index (χ0v) is 45.7. The third kappa shape index (κ3) is 12.6. The van der Waals surface area contributed by atoms with E-state index in [1.54, 1.807) is 13.2 Å². The summed E-state index contributed by atoms with van der Waals surface area (Å²) in [5.74, 6) is 7.72. The molecule has 2 N–H and O–H groups in total. The van der Waals surface area contributed by atoms with Gasteiger partial charge in [-0.15, -0.1) is 0 Å². The lowest BCUT2D eigenvalue weighted by Crippen LogP contribution is -2.59. The highest BCUT2D eigenvalue weighted by atomic mass is 16.7. The van der Waals surface area contributed by atoms with Crippen LogP contribution in [0.1, 0.15) is 209 Å². The fraction of sp³-hybridized carbons (Fsp3) is 0.919. The van der Waals surface area contributed by atoms with Gasteiger partial charge < -0.3 is 48.3 Å². The van der Waals surface area contributed by atoms with Crippen LogP contribution in [0.25, 0.3) is 9.69 Å². The number of nitrogens with zero attached hydrogens (tertiary/aromatic N) is 2. The smallest absolute Gasteiger partial charge is 0.229 e. The van der Waals surface area contributed by atoms with Crippen LogP contribution in [0.3, 0.4) is 0 Å². The number of aliphatic hydroxyl groups is 2. The van der Waals surface area contributed by atoms with Gasteiger partial charge in [0.05, 0.1) is 41.4 Å². The van der Waals surface area contributed by atoms with E-state index in [2.05, 4.69) is 9.69 Å². The minimum atomic E-state index is -0.440. The highest BCUT2D eigenvalue weighted by Gasteiger charge is 2.61. The Morgan fingerprint density at radius 3 is 1.36 bits per heavy atom. The van der Waals surface area contributed by atoms with Crippen molar-refractivity contribution in [3.63, 3.8) is 0 Å². The Morgan fingerprint density at radius 2 is 1.00 bits per heavy atom. The first-order valence-corrected chi connectivity index (χ1v) is 30.2. The first-order valence-electron chi connectivity index (χ1n) is 30.9. The fourth-order valence-corrected chi connectivity index (χ4v) is 19.2. The number of hydrogen-bond acceptors (Lipinski definition) is 9. The molecule has 16 saturated carbocycles. The largest absolute Gasteiger partial charge is 0.502 e. The van der Waals surface area contributed by atoms with E-state index in [1.807, 2.05) is 27.0 Å². The van der Waals surface area contributed by atoms with Crippen LogP contribution in [0.15, 0.2) is 12.3 Å². The second-order valence-electron chi connectivity index (χ2n) is 26.1. The van der Waals surface area contributed by atoms with Gasteiger partial charge in [-0.25, -0.2) is 13.1 Å². The molecule has 3 aliphatic heterocycles. The normalized spacial score (nSPS) is 48.8. The van der Waals surface area contributed by atoms with Crippen molar-refractivity contribution in [1.82, 2.24) is 0 Å². The first kappa shape index (κ1) is 54.3. The molecule has 10 atom stereocenters. The summed E-state index contributed by atoms with van der Waals surface area (Å²) in [5, 5.41) is 20.3. The zero-order valence-electron chi connectivity index (χ0n) is 46.7. The molecule has 16 bridgehead atoms. The van der Waals surface area contributed by atoms with Gasteiger partial charge >= 0.3 is 0 Å². The molecule has 0 aromatic heterocycles. The van der Waals surface area contributed by atoms with Crippen LogP contribution in [0.2, 0.25) is 0 Å². The summed E-state index contributed by atoms with van der Waals surface area (Å²) in [6.45, 7) is 23.6. The van der Waals surface area contributed by atoms with Crippen LogP contribution < -0.4 is 0 Å². The number of hydrogen-bond donors (Lipinski definition) is 2. The molecule has 11 heteroatoms. The summed E-state index contributed by atoms with van der Waals surface area (Å²) >= 11 is 0. The van der Waals surface area contributed by atoms with E-state index >= 15 is 0 Å². The maximum Gasteiger partial charge on any atom is 0.229 e. The molecule has 18 fully saturated rings. The van der Waals surface area contributed by atoms with Crippen LogP contribution in [0, 0.1) is 84.2 Å². The Labute approximate surface area is 442 Å². The molecule has 19 rings (SSSR count). The first-order chi connectivity index (χ1) is 35.8. The number of rotatable bonds is 5. The van der Waals surface area contributed by atoms with E-state index in [0.29, 0.717) is 54.4 Å². The quantitative estimate of drug-likeness (QED) is 0.259. The third-order valence-corrected chi connectivity index (χ3v) is 20.9. The number of allylic oxidation sites excluding steroid dienone is 1. The molecule has 11 nitrogen and oxygen atoms in total. The van der Waals surface area contributed by atoms with Gasteiger partial charge in [-0.05, 0) is 221 Å². The summed E-state index contributed by atoms with van der Waals surface area (Å²) in [6, 6.07) is 0.539. The Morgan fingerprint density at radius 1 is 0.575 bits per heavy atom. The fourth-order valence-electron chi connectivity index (χ4n) is 19.2. The second kappa shape index (κ2) is 24.3. The average Bonchev–Trinajstić information content (AvgIpc) is 3.37. The van der Waals surface area contributed by atoms with Crippen molar-refractivity contribution in [1.29, 1.82) is 0 Å². The lowest BCUT2D eigenvalue weighted by molar-refractivity contribution is -0.280. The van der Waals surface area contributed by atoms with E-state index < -0.39 is 5.60 Å². The second-order valence-corrected chi connectivity index (χ2v) is 26.1.